The smallest absolute Gasteiger partial charge is 0.123 e. The van der Waals surface area contributed by atoms with Gasteiger partial charge in [0.05, 0.1) is 22.8 Å². The molecular weight excluding hydrogens is 1350 g/mol. The van der Waals surface area contributed by atoms with E-state index in [1.807, 2.05) is 177 Å². The van der Waals surface area contributed by atoms with Crippen molar-refractivity contribution in [2.45, 2.75) is 6.92 Å². The first kappa shape index (κ1) is 61.1. The van der Waals surface area contributed by atoms with Crippen LogP contribution < -0.4 is 0 Å². The fourth-order valence-corrected chi connectivity index (χ4v) is 6.98. The Labute approximate surface area is 485 Å². The first-order valence-electron chi connectivity index (χ1n) is 24.2. The molecule has 12 rings (SSSR count). The van der Waals surface area contributed by atoms with Crippen LogP contribution in [0.4, 0.5) is 17.6 Å². The maximum Gasteiger partial charge on any atom is 0.123 e. The summed E-state index contributed by atoms with van der Waals surface area (Å²) in [7, 11) is 0. The number of rotatable bonds is 6. The van der Waals surface area contributed by atoms with Gasteiger partial charge in [-0.1, -0.05) is 120 Å². The van der Waals surface area contributed by atoms with E-state index < -0.39 is 11.6 Å². The van der Waals surface area contributed by atoms with Gasteiger partial charge in [-0.25, -0.2) is 8.78 Å². The number of aryl methyl sites for hydroxylation is 1. The van der Waals surface area contributed by atoms with E-state index in [4.69, 9.17) is 0 Å². The molecule has 6 aromatic carbocycles. The monoisotopic (exact) mass is 1400 g/mol. The standard InChI is InChI=1S/C12H8F2N.2C11H8FN.2C11H9N.C11H8N.2Ir/c1-8-4-5-15-12(6-8)10-3-2-9(13)7-11(10)14;2*12-10-6-4-9(5-7-10)11-3-1-2-8-13-11;3*1-2-6-10(7-3-1)11-8-4-5-9-12-11;;/h2,4-7H,1H3;2*1-8H;2*1-9H;1-6,8-9H;;/q-1;;;;;-1;;. The number of pyridine rings is 6. The van der Waals surface area contributed by atoms with Crippen LogP contribution in [0.5, 0.6) is 0 Å². The molecule has 0 N–H and O–H groups in total. The van der Waals surface area contributed by atoms with Crippen LogP contribution in [0.1, 0.15) is 5.56 Å². The molecule has 6 heterocycles. The molecule has 0 unspecified atom stereocenters. The van der Waals surface area contributed by atoms with Crippen molar-refractivity contribution in [2.75, 3.05) is 0 Å². The molecule has 0 saturated carbocycles. The number of hydrogen-bond donors (Lipinski definition) is 0. The van der Waals surface area contributed by atoms with Gasteiger partial charge in [-0.05, 0) is 128 Å². The van der Waals surface area contributed by atoms with E-state index in [0.29, 0.717) is 5.69 Å². The van der Waals surface area contributed by atoms with Gasteiger partial charge in [0, 0.05) is 111 Å². The molecule has 12 heteroatoms. The molecule has 79 heavy (non-hydrogen) atoms. The fraction of sp³-hybridized carbons (Fsp3) is 0.0149. The van der Waals surface area contributed by atoms with Crippen molar-refractivity contribution in [3.63, 3.8) is 0 Å². The molecule has 0 aliphatic rings. The zero-order chi connectivity index (χ0) is 53.7. The molecule has 0 aliphatic carbocycles. The van der Waals surface area contributed by atoms with Crippen molar-refractivity contribution in [2.24, 2.45) is 0 Å². The number of hydrogen-bond acceptors (Lipinski definition) is 6. The third-order valence-corrected chi connectivity index (χ3v) is 10.8. The Morgan fingerprint density at radius 1 is 0.304 bits per heavy atom. The van der Waals surface area contributed by atoms with Crippen LogP contribution in [0.25, 0.3) is 67.5 Å². The normalized spacial score (nSPS) is 9.63. The van der Waals surface area contributed by atoms with Crippen LogP contribution in [0, 0.1) is 42.3 Å². The molecule has 396 valence electrons. The van der Waals surface area contributed by atoms with Gasteiger partial charge < -0.3 is 9.97 Å². The zero-order valence-electron chi connectivity index (χ0n) is 42.5. The van der Waals surface area contributed by atoms with Crippen LogP contribution in [-0.2, 0) is 40.2 Å². The van der Waals surface area contributed by atoms with Gasteiger partial charge in [-0.3, -0.25) is 28.7 Å². The van der Waals surface area contributed by atoms with Crippen LogP contribution in [0.3, 0.4) is 0 Å². The van der Waals surface area contributed by atoms with Gasteiger partial charge in [-0.15, -0.1) is 48.0 Å². The number of aromatic nitrogens is 6. The molecule has 0 aliphatic heterocycles. The van der Waals surface area contributed by atoms with Crippen LogP contribution >= 0.6 is 0 Å². The zero-order valence-corrected chi connectivity index (χ0v) is 47.3. The van der Waals surface area contributed by atoms with Gasteiger partial charge in [-0.2, -0.15) is 0 Å². The van der Waals surface area contributed by atoms with Crippen molar-refractivity contribution in [3.8, 4) is 67.5 Å². The molecule has 0 bridgehead atoms. The minimum absolute atomic E-state index is 0. The van der Waals surface area contributed by atoms with Gasteiger partial charge in [0.15, 0.2) is 0 Å². The summed E-state index contributed by atoms with van der Waals surface area (Å²) in [5.41, 5.74) is 11.6. The maximum absolute atomic E-state index is 13.4. The molecule has 6 nitrogen and oxygen atoms in total. The van der Waals surface area contributed by atoms with E-state index in [9.17, 15) is 17.6 Å². The van der Waals surface area contributed by atoms with Crippen molar-refractivity contribution >= 4 is 0 Å². The van der Waals surface area contributed by atoms with Crippen molar-refractivity contribution in [1.29, 1.82) is 0 Å². The molecule has 0 atom stereocenters. The van der Waals surface area contributed by atoms with E-state index in [-0.39, 0.29) is 57.4 Å². The minimum atomic E-state index is -0.645. The van der Waals surface area contributed by atoms with Crippen molar-refractivity contribution < 1.29 is 57.8 Å². The second kappa shape index (κ2) is 34.1. The molecule has 0 fully saturated rings. The second-order valence-corrected chi connectivity index (χ2v) is 16.4. The first-order chi connectivity index (χ1) is 37.8. The van der Waals surface area contributed by atoms with Gasteiger partial charge in [0.2, 0.25) is 0 Å². The summed E-state index contributed by atoms with van der Waals surface area (Å²) in [5.74, 6) is -1.73. The Bertz CT molecular complexity index is 3160. The molecule has 2 radical (unpaired) electrons. The summed E-state index contributed by atoms with van der Waals surface area (Å²) in [6, 6.07) is 80.9. The third-order valence-electron chi connectivity index (χ3n) is 10.8. The van der Waals surface area contributed by atoms with Crippen molar-refractivity contribution in [3.05, 3.63) is 327 Å². The quantitative estimate of drug-likeness (QED) is 0.122. The van der Waals surface area contributed by atoms with Crippen LogP contribution in [0.2, 0.25) is 0 Å². The summed E-state index contributed by atoms with van der Waals surface area (Å²) in [4.78, 5) is 25.0. The van der Waals surface area contributed by atoms with Gasteiger partial charge in [0.1, 0.15) is 11.6 Å². The summed E-state index contributed by atoms with van der Waals surface area (Å²) in [5, 5.41) is 0. The first-order valence-corrected chi connectivity index (χ1v) is 24.2. The third kappa shape index (κ3) is 20.9. The minimum Gasteiger partial charge on any atom is -0.305 e. The number of halogens is 4. The van der Waals surface area contributed by atoms with Crippen LogP contribution in [-0.4, -0.2) is 29.9 Å². The van der Waals surface area contributed by atoms with E-state index in [1.165, 1.54) is 24.3 Å². The number of benzene rings is 6. The summed E-state index contributed by atoms with van der Waals surface area (Å²) in [6.45, 7) is 1.88. The van der Waals surface area contributed by atoms with Gasteiger partial charge >= 0.3 is 0 Å². The molecular formula is C67H50F4Ir2N6-2. The SMILES string of the molecule is Cc1ccnc(-c2[c-]cc(F)cc2F)c1.Fc1ccc(-c2ccccn2)cc1.Fc1ccc(-c2ccccn2)cc1.[Ir].[Ir].[c-]1ccccc1-c1ccccn1.c1ccc(-c2ccccn2)cc1.c1ccc(-c2ccccn2)cc1. The van der Waals surface area contributed by atoms with Crippen LogP contribution in [0.15, 0.2) is 286 Å². The van der Waals surface area contributed by atoms with E-state index in [2.05, 4.69) is 66.3 Å². The average Bonchev–Trinajstić information content (AvgIpc) is 3.51. The number of nitrogens with zero attached hydrogens (tertiary/aromatic N) is 6. The Kier molecular flexibility index (Phi) is 26.4. The average molecular weight is 1400 g/mol. The second-order valence-electron chi connectivity index (χ2n) is 16.4. The topological polar surface area (TPSA) is 77.3 Å². The van der Waals surface area contributed by atoms with E-state index >= 15 is 0 Å². The molecule has 0 saturated heterocycles. The predicted molar refractivity (Wildman–Crippen MR) is 300 cm³/mol. The van der Waals surface area contributed by atoms with Crippen molar-refractivity contribution in [1.82, 2.24) is 29.9 Å². The molecule has 12 aromatic rings. The fourth-order valence-electron chi connectivity index (χ4n) is 6.98. The molecule has 0 spiro atoms. The molecule has 0 amide bonds. The Hall–Kier alpha value is -8.76. The summed E-state index contributed by atoms with van der Waals surface area (Å²) in [6.07, 6.45) is 10.4. The Morgan fingerprint density at radius 2 is 0.671 bits per heavy atom. The maximum atomic E-state index is 13.4. The Morgan fingerprint density at radius 3 is 1.03 bits per heavy atom. The summed E-state index contributed by atoms with van der Waals surface area (Å²) >= 11 is 0. The largest absolute Gasteiger partial charge is 0.305 e. The predicted octanol–water partition coefficient (Wildman–Crippen LogP) is 17.0. The molecule has 6 aromatic heterocycles. The van der Waals surface area contributed by atoms with E-state index in [0.717, 1.165) is 74.0 Å². The Balaban J connectivity index is 0.000000174. The van der Waals surface area contributed by atoms with E-state index in [1.54, 1.807) is 55.1 Å². The van der Waals surface area contributed by atoms with Gasteiger partial charge in [0.25, 0.3) is 0 Å². The summed E-state index contributed by atoms with van der Waals surface area (Å²) < 4.78 is 51.2.